The van der Waals surface area contributed by atoms with Gasteiger partial charge in [0, 0.05) is 38.9 Å². The van der Waals surface area contributed by atoms with Crippen molar-refractivity contribution in [2.24, 2.45) is 5.73 Å². The number of amides is 1. The van der Waals surface area contributed by atoms with Crippen LogP contribution in [0.5, 0.6) is 5.75 Å². The number of anilines is 2. The molecule has 0 atom stereocenters. The molecular weight excluding hydrogens is 452 g/mol. The van der Waals surface area contributed by atoms with Gasteiger partial charge in [-0.05, 0) is 53.4 Å². The van der Waals surface area contributed by atoms with Crippen LogP contribution in [0.25, 0.3) is 0 Å². The Morgan fingerprint density at radius 2 is 2.17 bits per heavy atom. The number of hydrogen-bond acceptors (Lipinski definition) is 7. The van der Waals surface area contributed by atoms with Crippen LogP contribution in [0, 0.1) is 0 Å². The van der Waals surface area contributed by atoms with Gasteiger partial charge in [-0.2, -0.15) is 4.98 Å². The van der Waals surface area contributed by atoms with Gasteiger partial charge in [-0.3, -0.25) is 9.36 Å². The summed E-state index contributed by atoms with van der Waals surface area (Å²) in [5, 5.41) is 19.4. The molecule has 30 heavy (non-hydrogen) atoms. The minimum atomic E-state index is -0.206. The molecule has 1 aliphatic rings. The smallest absolute Gasteiger partial charge is 0.271 e. The SMILES string of the molecule is CCNC(=O)c1c(NCCN)nc(NC2CCOCC2)n1Cc1ccc(O)c(Br)c1. The van der Waals surface area contributed by atoms with Crippen LogP contribution >= 0.6 is 15.9 Å². The normalized spacial score (nSPS) is 14.5. The molecule has 0 bridgehead atoms. The highest BCUT2D eigenvalue weighted by Gasteiger charge is 2.25. The number of aromatic hydroxyl groups is 1. The first-order valence-corrected chi connectivity index (χ1v) is 11.0. The molecule has 1 aromatic carbocycles. The van der Waals surface area contributed by atoms with Gasteiger partial charge in [-0.15, -0.1) is 0 Å². The van der Waals surface area contributed by atoms with Crippen LogP contribution < -0.4 is 21.7 Å². The Hall–Kier alpha value is -2.30. The molecule has 2 aromatic rings. The van der Waals surface area contributed by atoms with Gasteiger partial charge < -0.3 is 31.5 Å². The van der Waals surface area contributed by atoms with Crippen molar-refractivity contribution in [2.75, 3.05) is 43.5 Å². The topological polar surface area (TPSA) is 126 Å². The second kappa shape index (κ2) is 10.6. The Labute approximate surface area is 184 Å². The predicted octanol–water partition coefficient (Wildman–Crippen LogP) is 2.11. The maximum Gasteiger partial charge on any atom is 0.271 e. The van der Waals surface area contributed by atoms with Crippen molar-refractivity contribution >= 4 is 33.6 Å². The van der Waals surface area contributed by atoms with Gasteiger partial charge in [0.25, 0.3) is 5.91 Å². The lowest BCUT2D eigenvalue weighted by molar-refractivity contribution is 0.0901. The highest BCUT2D eigenvalue weighted by atomic mass is 79.9. The molecule has 1 aliphatic heterocycles. The fourth-order valence-corrected chi connectivity index (χ4v) is 3.79. The number of phenols is 1. The van der Waals surface area contributed by atoms with Gasteiger partial charge in [-0.1, -0.05) is 6.07 Å². The summed E-state index contributed by atoms with van der Waals surface area (Å²) in [6.07, 6.45) is 1.75. The third kappa shape index (κ3) is 5.44. The molecule has 1 amide bonds. The second-order valence-electron chi connectivity index (χ2n) is 7.11. The molecule has 9 nitrogen and oxygen atoms in total. The van der Waals surface area contributed by atoms with Crippen molar-refractivity contribution in [3.8, 4) is 5.75 Å². The van der Waals surface area contributed by atoms with Gasteiger partial charge in [0.2, 0.25) is 5.95 Å². The highest BCUT2D eigenvalue weighted by Crippen LogP contribution is 2.28. The predicted molar refractivity (Wildman–Crippen MR) is 120 cm³/mol. The minimum Gasteiger partial charge on any atom is -0.507 e. The Kier molecular flexibility index (Phi) is 7.94. The van der Waals surface area contributed by atoms with E-state index >= 15 is 0 Å². The number of ether oxygens (including phenoxy) is 1. The molecule has 2 heterocycles. The summed E-state index contributed by atoms with van der Waals surface area (Å²) in [5.41, 5.74) is 7.02. The maximum absolute atomic E-state index is 12.9. The van der Waals surface area contributed by atoms with Crippen LogP contribution in [-0.2, 0) is 11.3 Å². The van der Waals surface area contributed by atoms with Crippen molar-refractivity contribution in [3.05, 3.63) is 33.9 Å². The Bertz CT molecular complexity index is 866. The van der Waals surface area contributed by atoms with E-state index in [0.29, 0.717) is 61.3 Å². The third-order valence-electron chi connectivity index (χ3n) is 4.86. The van der Waals surface area contributed by atoms with Crippen molar-refractivity contribution in [2.45, 2.75) is 32.4 Å². The second-order valence-corrected chi connectivity index (χ2v) is 7.96. The molecule has 0 radical (unpaired) electrons. The molecular formula is C20H29BrN6O3. The molecule has 1 fully saturated rings. The van der Waals surface area contributed by atoms with Gasteiger partial charge in [0.05, 0.1) is 11.0 Å². The fourth-order valence-electron chi connectivity index (χ4n) is 3.36. The Morgan fingerprint density at radius 3 is 2.83 bits per heavy atom. The summed E-state index contributed by atoms with van der Waals surface area (Å²) >= 11 is 3.36. The number of imidazole rings is 1. The van der Waals surface area contributed by atoms with E-state index in [1.54, 1.807) is 6.07 Å². The molecule has 1 saturated heterocycles. The van der Waals surface area contributed by atoms with Gasteiger partial charge in [0.15, 0.2) is 11.5 Å². The molecule has 0 spiro atoms. The van der Waals surface area contributed by atoms with Gasteiger partial charge >= 0.3 is 0 Å². The van der Waals surface area contributed by atoms with Crippen LogP contribution in [0.15, 0.2) is 22.7 Å². The van der Waals surface area contributed by atoms with Crippen molar-refractivity contribution < 1.29 is 14.6 Å². The highest BCUT2D eigenvalue weighted by molar-refractivity contribution is 9.10. The molecule has 0 aliphatic carbocycles. The van der Waals surface area contributed by atoms with E-state index < -0.39 is 0 Å². The van der Waals surface area contributed by atoms with E-state index in [2.05, 4.69) is 31.9 Å². The summed E-state index contributed by atoms with van der Waals surface area (Å²) in [5.74, 6) is 1.08. The number of hydrogen-bond donors (Lipinski definition) is 5. The quantitative estimate of drug-likeness (QED) is 0.371. The summed E-state index contributed by atoms with van der Waals surface area (Å²) in [6.45, 7) is 5.13. The fraction of sp³-hybridized carbons (Fsp3) is 0.500. The minimum absolute atomic E-state index is 0.166. The summed E-state index contributed by atoms with van der Waals surface area (Å²) in [7, 11) is 0. The number of carbonyl (C=O) groups excluding carboxylic acids is 1. The molecule has 0 unspecified atom stereocenters. The lowest BCUT2D eigenvalue weighted by atomic mass is 10.1. The monoisotopic (exact) mass is 480 g/mol. The summed E-state index contributed by atoms with van der Waals surface area (Å²) in [4.78, 5) is 17.6. The number of rotatable bonds is 9. The number of nitrogens with one attached hydrogen (secondary N) is 3. The van der Waals surface area contributed by atoms with E-state index in [-0.39, 0.29) is 17.7 Å². The van der Waals surface area contributed by atoms with E-state index in [4.69, 9.17) is 15.5 Å². The van der Waals surface area contributed by atoms with E-state index in [1.165, 1.54) is 0 Å². The van der Waals surface area contributed by atoms with Crippen molar-refractivity contribution in [1.82, 2.24) is 14.9 Å². The zero-order valence-electron chi connectivity index (χ0n) is 17.1. The van der Waals surface area contributed by atoms with Crippen LogP contribution in [0.2, 0.25) is 0 Å². The first kappa shape index (κ1) is 22.4. The third-order valence-corrected chi connectivity index (χ3v) is 5.50. The van der Waals surface area contributed by atoms with Crippen LogP contribution in [0.1, 0.15) is 35.8 Å². The number of halogens is 1. The first-order valence-electron chi connectivity index (χ1n) is 10.2. The first-order chi connectivity index (χ1) is 14.5. The summed E-state index contributed by atoms with van der Waals surface area (Å²) < 4.78 is 7.92. The van der Waals surface area contributed by atoms with Crippen LogP contribution in [0.3, 0.4) is 0 Å². The largest absolute Gasteiger partial charge is 0.507 e. The Morgan fingerprint density at radius 1 is 1.40 bits per heavy atom. The average molecular weight is 481 g/mol. The zero-order valence-corrected chi connectivity index (χ0v) is 18.7. The number of benzene rings is 1. The molecule has 164 valence electrons. The van der Waals surface area contributed by atoms with E-state index in [9.17, 15) is 9.90 Å². The van der Waals surface area contributed by atoms with Crippen LogP contribution in [-0.4, -0.2) is 59.5 Å². The maximum atomic E-state index is 12.9. The van der Waals surface area contributed by atoms with Crippen molar-refractivity contribution in [3.63, 3.8) is 0 Å². The standard InChI is InChI=1S/C20H29BrN6O3/c1-2-23-19(29)17-18(24-8-7-22)26-20(25-14-5-9-30-10-6-14)27(17)12-13-3-4-16(28)15(21)11-13/h3-4,11,14,24,28H,2,5-10,12,22H2,1H3,(H,23,29)(H,25,26). The number of nitrogens with two attached hydrogens (primary N) is 1. The van der Waals surface area contributed by atoms with Gasteiger partial charge in [-0.25, -0.2) is 0 Å². The summed E-state index contributed by atoms with van der Waals surface area (Å²) in [6, 6.07) is 5.51. The van der Waals surface area contributed by atoms with Crippen LogP contribution in [0.4, 0.5) is 11.8 Å². The molecule has 3 rings (SSSR count). The lowest BCUT2D eigenvalue weighted by Gasteiger charge is -2.24. The molecule has 6 N–H and O–H groups in total. The molecule has 10 heteroatoms. The Balaban J connectivity index is 2.01. The van der Waals surface area contributed by atoms with E-state index in [0.717, 1.165) is 18.4 Å². The zero-order chi connectivity index (χ0) is 21.5. The molecule has 1 aromatic heterocycles. The van der Waals surface area contributed by atoms with Crippen molar-refractivity contribution in [1.29, 1.82) is 0 Å². The lowest BCUT2D eigenvalue weighted by Crippen LogP contribution is -2.30. The number of nitrogens with zero attached hydrogens (tertiary/aromatic N) is 2. The number of aromatic nitrogens is 2. The van der Waals surface area contributed by atoms with E-state index in [1.807, 2.05) is 23.6 Å². The number of carbonyl (C=O) groups is 1. The van der Waals surface area contributed by atoms with Gasteiger partial charge in [0.1, 0.15) is 5.75 Å². The molecule has 0 saturated carbocycles. The number of phenolic OH excluding ortho intramolecular Hbond substituents is 1. The average Bonchev–Trinajstić information content (AvgIpc) is 3.07.